The molecule has 2 rings (SSSR count). The van der Waals surface area contributed by atoms with Crippen molar-refractivity contribution in [2.24, 2.45) is 11.8 Å². The van der Waals surface area contributed by atoms with Crippen molar-refractivity contribution in [3.63, 3.8) is 0 Å². The fourth-order valence-electron chi connectivity index (χ4n) is 3.15. The van der Waals surface area contributed by atoms with Gasteiger partial charge in [-0.15, -0.1) is 0 Å². The van der Waals surface area contributed by atoms with Crippen molar-refractivity contribution in [3.8, 4) is 0 Å². The van der Waals surface area contributed by atoms with Crippen molar-refractivity contribution >= 4 is 39.1 Å². The van der Waals surface area contributed by atoms with E-state index in [1.807, 2.05) is 12.1 Å². The predicted octanol–water partition coefficient (Wildman–Crippen LogP) is 4.85. The summed E-state index contributed by atoms with van der Waals surface area (Å²) in [5.74, 6) is 0.695. The Hall–Kier alpha value is -0.580. The summed E-state index contributed by atoms with van der Waals surface area (Å²) in [6.45, 7) is 4.23. The first-order valence-electron chi connectivity index (χ1n) is 8.08. The number of carbonyl (C=O) groups is 1. The van der Waals surface area contributed by atoms with Crippen LogP contribution in [0.5, 0.6) is 0 Å². The van der Waals surface area contributed by atoms with Gasteiger partial charge in [-0.1, -0.05) is 24.9 Å². The molecule has 122 valence electrons. The first kappa shape index (κ1) is 17.8. The molecule has 0 aromatic heterocycles. The summed E-state index contributed by atoms with van der Waals surface area (Å²) in [5.41, 5.74) is 0.769. The molecular formula is C17H24BrClN2O. The number of carbonyl (C=O) groups excluding carboxylic acids is 1. The van der Waals surface area contributed by atoms with Crippen LogP contribution in [-0.2, 0) is 4.79 Å². The number of benzene rings is 1. The molecule has 1 aliphatic rings. The molecule has 1 aliphatic heterocycles. The second-order valence-corrected chi connectivity index (χ2v) is 7.22. The minimum absolute atomic E-state index is 0.0901. The van der Waals surface area contributed by atoms with Crippen LogP contribution in [0.15, 0.2) is 22.7 Å². The quantitative estimate of drug-likeness (QED) is 0.758. The first-order chi connectivity index (χ1) is 10.6. The Balaban J connectivity index is 2.06. The molecule has 1 heterocycles. The van der Waals surface area contributed by atoms with Gasteiger partial charge in [-0.05, 0) is 78.8 Å². The number of hydrogen-bond acceptors (Lipinski definition) is 2. The van der Waals surface area contributed by atoms with E-state index in [9.17, 15) is 4.79 Å². The molecule has 2 atom stereocenters. The van der Waals surface area contributed by atoms with Crippen molar-refractivity contribution in [3.05, 3.63) is 27.7 Å². The van der Waals surface area contributed by atoms with Crippen LogP contribution in [0.3, 0.4) is 0 Å². The zero-order valence-electron chi connectivity index (χ0n) is 13.0. The first-order valence-corrected chi connectivity index (χ1v) is 9.25. The number of amides is 1. The lowest BCUT2D eigenvalue weighted by Crippen LogP contribution is -2.30. The van der Waals surface area contributed by atoms with Gasteiger partial charge in [0.05, 0.1) is 5.02 Å². The molecule has 2 N–H and O–H groups in total. The molecule has 1 fully saturated rings. The monoisotopic (exact) mass is 386 g/mol. The molecule has 1 amide bonds. The molecule has 1 aromatic rings. The highest BCUT2D eigenvalue weighted by Gasteiger charge is 2.28. The van der Waals surface area contributed by atoms with E-state index >= 15 is 0 Å². The minimum atomic E-state index is 0.0901. The van der Waals surface area contributed by atoms with Crippen molar-refractivity contribution in [2.75, 3.05) is 18.4 Å². The largest absolute Gasteiger partial charge is 0.326 e. The van der Waals surface area contributed by atoms with Gasteiger partial charge in [0.2, 0.25) is 5.91 Å². The van der Waals surface area contributed by atoms with Crippen molar-refractivity contribution in [2.45, 2.75) is 39.0 Å². The summed E-state index contributed by atoms with van der Waals surface area (Å²) >= 11 is 9.47. The van der Waals surface area contributed by atoms with Crippen LogP contribution in [-0.4, -0.2) is 19.0 Å². The smallest absolute Gasteiger partial charge is 0.227 e. The molecular weight excluding hydrogens is 364 g/mol. The Morgan fingerprint density at radius 2 is 2.27 bits per heavy atom. The molecule has 1 aromatic carbocycles. The van der Waals surface area contributed by atoms with Crippen LogP contribution in [0.4, 0.5) is 5.69 Å². The van der Waals surface area contributed by atoms with E-state index < -0.39 is 0 Å². The Bertz CT molecular complexity index is 501. The Morgan fingerprint density at radius 1 is 1.45 bits per heavy atom. The molecule has 0 saturated carbocycles. The maximum atomic E-state index is 12.7. The van der Waals surface area contributed by atoms with Gasteiger partial charge >= 0.3 is 0 Å². The Kier molecular flexibility index (Phi) is 7.19. The number of rotatable bonds is 5. The Morgan fingerprint density at radius 3 is 3.00 bits per heavy atom. The van der Waals surface area contributed by atoms with Crippen molar-refractivity contribution in [1.29, 1.82) is 0 Å². The van der Waals surface area contributed by atoms with E-state index in [0.29, 0.717) is 10.9 Å². The number of halogens is 2. The van der Waals surface area contributed by atoms with Crippen molar-refractivity contribution < 1.29 is 4.79 Å². The molecule has 2 unspecified atom stereocenters. The molecule has 0 spiro atoms. The van der Waals surface area contributed by atoms with E-state index in [4.69, 9.17) is 11.6 Å². The van der Waals surface area contributed by atoms with E-state index in [1.165, 1.54) is 0 Å². The SMILES string of the molecule is CCCC(C(=O)Nc1ccc(Br)c(Cl)c1)C1CCCNCC1. The lowest BCUT2D eigenvalue weighted by Gasteiger charge is -2.25. The summed E-state index contributed by atoms with van der Waals surface area (Å²) in [6, 6.07) is 5.54. The zero-order valence-corrected chi connectivity index (χ0v) is 15.3. The second-order valence-electron chi connectivity index (χ2n) is 5.95. The maximum Gasteiger partial charge on any atom is 0.227 e. The average molecular weight is 388 g/mol. The molecule has 22 heavy (non-hydrogen) atoms. The molecule has 0 aliphatic carbocycles. The Labute approximate surface area is 146 Å². The van der Waals surface area contributed by atoms with E-state index in [0.717, 1.165) is 55.4 Å². The third-order valence-electron chi connectivity index (χ3n) is 4.31. The van der Waals surface area contributed by atoms with Gasteiger partial charge in [-0.3, -0.25) is 4.79 Å². The number of hydrogen-bond donors (Lipinski definition) is 2. The summed E-state index contributed by atoms with van der Waals surface area (Å²) < 4.78 is 0.840. The van der Waals surface area contributed by atoms with Gasteiger partial charge in [0.15, 0.2) is 0 Å². The highest BCUT2D eigenvalue weighted by Crippen LogP contribution is 2.30. The third kappa shape index (κ3) is 4.97. The number of nitrogens with one attached hydrogen (secondary N) is 2. The second kappa shape index (κ2) is 8.90. The third-order valence-corrected chi connectivity index (χ3v) is 5.55. The van der Waals surface area contributed by atoms with Gasteiger partial charge in [0.25, 0.3) is 0 Å². The summed E-state index contributed by atoms with van der Waals surface area (Å²) in [5, 5.41) is 7.08. The van der Waals surface area contributed by atoms with Gasteiger partial charge in [0, 0.05) is 16.1 Å². The zero-order chi connectivity index (χ0) is 15.9. The molecule has 0 radical (unpaired) electrons. The van der Waals surface area contributed by atoms with Crippen LogP contribution >= 0.6 is 27.5 Å². The molecule has 3 nitrogen and oxygen atoms in total. The highest BCUT2D eigenvalue weighted by molar-refractivity contribution is 9.10. The standard InChI is InChI=1S/C17H24BrClN2O/c1-2-4-14(12-5-3-9-20-10-8-12)17(22)21-13-6-7-15(18)16(19)11-13/h6-7,11-12,14,20H,2-5,8-10H2,1H3,(H,21,22). The summed E-state index contributed by atoms with van der Waals surface area (Å²) in [6.07, 6.45) is 5.34. The summed E-state index contributed by atoms with van der Waals surface area (Å²) in [4.78, 5) is 12.7. The topological polar surface area (TPSA) is 41.1 Å². The molecule has 1 saturated heterocycles. The van der Waals surface area contributed by atoms with Crippen molar-refractivity contribution in [1.82, 2.24) is 5.32 Å². The van der Waals surface area contributed by atoms with Crippen LogP contribution in [0, 0.1) is 11.8 Å². The van der Waals surface area contributed by atoms with Crippen LogP contribution in [0.2, 0.25) is 5.02 Å². The average Bonchev–Trinajstić information content (AvgIpc) is 2.77. The van der Waals surface area contributed by atoms with Gasteiger partial charge < -0.3 is 10.6 Å². The lowest BCUT2D eigenvalue weighted by atomic mass is 9.83. The van der Waals surface area contributed by atoms with Crippen LogP contribution in [0.1, 0.15) is 39.0 Å². The minimum Gasteiger partial charge on any atom is -0.326 e. The fourth-order valence-corrected chi connectivity index (χ4v) is 3.58. The van der Waals surface area contributed by atoms with Crippen LogP contribution < -0.4 is 10.6 Å². The number of anilines is 1. The van der Waals surface area contributed by atoms with Gasteiger partial charge in [-0.2, -0.15) is 0 Å². The summed E-state index contributed by atoms with van der Waals surface area (Å²) in [7, 11) is 0. The van der Waals surface area contributed by atoms with E-state index in [1.54, 1.807) is 6.07 Å². The maximum absolute atomic E-state index is 12.7. The fraction of sp³-hybridized carbons (Fsp3) is 0.588. The van der Waals surface area contributed by atoms with Gasteiger partial charge in [-0.25, -0.2) is 0 Å². The van der Waals surface area contributed by atoms with E-state index in [-0.39, 0.29) is 11.8 Å². The highest BCUT2D eigenvalue weighted by atomic mass is 79.9. The van der Waals surface area contributed by atoms with Crippen LogP contribution in [0.25, 0.3) is 0 Å². The normalized spacial score (nSPS) is 20.2. The van der Waals surface area contributed by atoms with Gasteiger partial charge in [0.1, 0.15) is 0 Å². The molecule has 0 bridgehead atoms. The molecule has 5 heteroatoms. The van der Waals surface area contributed by atoms with E-state index in [2.05, 4.69) is 33.5 Å². The predicted molar refractivity (Wildman–Crippen MR) is 96.4 cm³/mol. The lowest BCUT2D eigenvalue weighted by molar-refractivity contribution is -0.121.